The van der Waals surface area contributed by atoms with E-state index in [1.54, 1.807) is 23.6 Å². The second kappa shape index (κ2) is 10.0. The van der Waals surface area contributed by atoms with Gasteiger partial charge in [0.25, 0.3) is 0 Å². The zero-order valence-corrected chi connectivity index (χ0v) is 17.7. The van der Waals surface area contributed by atoms with E-state index in [0.717, 1.165) is 0 Å². The molecule has 0 unspecified atom stereocenters. The number of carbonyl (C=O) groups excluding carboxylic acids is 1. The van der Waals surface area contributed by atoms with Crippen molar-refractivity contribution in [2.45, 2.75) is 19.3 Å². The summed E-state index contributed by atoms with van der Waals surface area (Å²) in [6, 6.07) is 9.06. The van der Waals surface area contributed by atoms with Gasteiger partial charge in [0.1, 0.15) is 22.4 Å². The number of benzene rings is 2. The van der Waals surface area contributed by atoms with Crippen LogP contribution in [0.2, 0.25) is 0 Å². The van der Waals surface area contributed by atoms with Crippen molar-refractivity contribution in [2.24, 2.45) is 0 Å². The molecule has 9 heteroatoms. The number of ether oxygens (including phenoxy) is 3. The van der Waals surface area contributed by atoms with Gasteiger partial charge in [0.05, 0.1) is 32.8 Å². The summed E-state index contributed by atoms with van der Waals surface area (Å²) in [7, 11) is 2.98. The van der Waals surface area contributed by atoms with Crippen LogP contribution in [-0.2, 0) is 28.9 Å². The van der Waals surface area contributed by atoms with Crippen LogP contribution in [0.5, 0.6) is 23.0 Å². The Hall–Kier alpha value is -3.46. The number of carboxylic acids is 1. The van der Waals surface area contributed by atoms with Gasteiger partial charge >= 0.3 is 5.97 Å². The summed E-state index contributed by atoms with van der Waals surface area (Å²) in [5.41, 5.74) is 0.775. The maximum atomic E-state index is 13.9. The van der Waals surface area contributed by atoms with Gasteiger partial charge in [0.15, 0.2) is 11.5 Å². The fourth-order valence-electron chi connectivity index (χ4n) is 2.95. The van der Waals surface area contributed by atoms with Gasteiger partial charge in [-0.05, 0) is 30.3 Å². The summed E-state index contributed by atoms with van der Waals surface area (Å²) in [6.07, 6.45) is -0.259. The average molecular weight is 445 g/mol. The molecule has 0 spiro atoms. The molecule has 1 aromatic heterocycles. The summed E-state index contributed by atoms with van der Waals surface area (Å²) >= 11 is 1.22. The molecule has 0 aliphatic carbocycles. The topological polar surface area (TPSA) is 95.0 Å². The number of thiazole rings is 1. The summed E-state index contributed by atoms with van der Waals surface area (Å²) in [5.74, 6) is -0.166. The molecule has 0 atom stereocenters. The van der Waals surface area contributed by atoms with Gasteiger partial charge < -0.3 is 19.3 Å². The quantitative estimate of drug-likeness (QED) is 0.503. The van der Waals surface area contributed by atoms with Gasteiger partial charge in [0.2, 0.25) is 5.75 Å². The van der Waals surface area contributed by atoms with Crippen molar-refractivity contribution >= 4 is 23.1 Å². The largest absolute Gasteiger partial charge is 0.493 e. The Kier molecular flexibility index (Phi) is 7.19. The second-order valence-electron chi connectivity index (χ2n) is 6.54. The molecule has 2 aromatic carbocycles. The van der Waals surface area contributed by atoms with Crippen molar-refractivity contribution in [2.75, 3.05) is 14.2 Å². The van der Waals surface area contributed by atoms with E-state index < -0.39 is 11.8 Å². The predicted octanol–water partition coefficient (Wildman–Crippen LogP) is 4.07. The molecule has 0 fully saturated rings. The summed E-state index contributed by atoms with van der Waals surface area (Å²) in [5, 5.41) is 11.0. The Balaban J connectivity index is 1.78. The number of aromatic nitrogens is 1. The van der Waals surface area contributed by atoms with Crippen LogP contribution in [0.1, 0.15) is 16.3 Å². The first-order valence-electron chi connectivity index (χ1n) is 9.23. The van der Waals surface area contributed by atoms with Gasteiger partial charge in [-0.2, -0.15) is 0 Å². The molecule has 1 heterocycles. The van der Waals surface area contributed by atoms with Crippen molar-refractivity contribution < 1.29 is 33.3 Å². The molecule has 0 bridgehead atoms. The molecule has 0 saturated carbocycles. The molecule has 3 rings (SSSR count). The lowest BCUT2D eigenvalue weighted by Gasteiger charge is -2.15. The molecule has 0 aliphatic rings. The third-order valence-electron chi connectivity index (χ3n) is 4.28. The molecule has 31 heavy (non-hydrogen) atoms. The Labute approximate surface area is 182 Å². The first kappa shape index (κ1) is 22.2. The minimum Gasteiger partial charge on any atom is -0.493 e. The number of halogens is 1. The molecule has 3 aromatic rings. The monoisotopic (exact) mass is 445 g/mol. The third-order valence-corrected chi connectivity index (χ3v) is 5.17. The highest BCUT2D eigenvalue weighted by molar-refractivity contribution is 7.09. The lowest BCUT2D eigenvalue weighted by atomic mass is 10.1. The molecular formula is C22H20FNO6S. The highest BCUT2D eigenvalue weighted by atomic mass is 32.1. The number of methoxy groups -OCH3 is 2. The maximum Gasteiger partial charge on any atom is 0.309 e. The molecule has 0 radical (unpaired) electrons. The lowest BCUT2D eigenvalue weighted by Crippen LogP contribution is -2.08. The van der Waals surface area contributed by atoms with E-state index in [2.05, 4.69) is 4.98 Å². The number of rotatable bonds is 10. The predicted molar refractivity (Wildman–Crippen MR) is 112 cm³/mol. The van der Waals surface area contributed by atoms with Crippen molar-refractivity contribution in [3.05, 3.63) is 63.9 Å². The van der Waals surface area contributed by atoms with E-state index in [1.807, 2.05) is 0 Å². The standard InChI is InChI=1S/C22H20FNO6S/c1-28-18-4-3-5-19(22(18)29-2)30-17-7-6-14(23)8-13(17)9-16(25)11-20-24-15(12-31-20)10-21(26)27/h3-8,12H,9-11H2,1-2H3,(H,26,27). The fourth-order valence-corrected chi connectivity index (χ4v) is 3.77. The minimum atomic E-state index is -0.988. The molecule has 162 valence electrons. The Morgan fingerprint density at radius 3 is 2.52 bits per heavy atom. The number of hydrogen-bond acceptors (Lipinski definition) is 7. The third kappa shape index (κ3) is 5.79. The van der Waals surface area contributed by atoms with E-state index in [0.29, 0.717) is 39.3 Å². The van der Waals surface area contributed by atoms with Gasteiger partial charge in [-0.1, -0.05) is 6.07 Å². The summed E-state index contributed by atoms with van der Waals surface area (Å²) in [4.78, 5) is 27.5. The van der Waals surface area contributed by atoms with Gasteiger partial charge in [-0.15, -0.1) is 11.3 Å². The van der Waals surface area contributed by atoms with E-state index in [1.165, 1.54) is 43.8 Å². The smallest absolute Gasteiger partial charge is 0.309 e. The van der Waals surface area contributed by atoms with Crippen LogP contribution < -0.4 is 14.2 Å². The number of Topliss-reactive ketones (excluding diaryl/α,β-unsaturated/α-hetero) is 1. The molecular weight excluding hydrogens is 425 g/mol. The summed E-state index contributed by atoms with van der Waals surface area (Å²) in [6.45, 7) is 0. The first-order valence-corrected chi connectivity index (χ1v) is 10.1. The molecule has 7 nitrogen and oxygen atoms in total. The summed E-state index contributed by atoms with van der Waals surface area (Å²) < 4.78 is 30.4. The Morgan fingerprint density at radius 2 is 1.81 bits per heavy atom. The van der Waals surface area contributed by atoms with Crippen LogP contribution in [0.4, 0.5) is 4.39 Å². The number of nitrogens with zero attached hydrogens (tertiary/aromatic N) is 1. The maximum absolute atomic E-state index is 13.9. The van der Waals surface area contributed by atoms with Crippen LogP contribution in [0.3, 0.4) is 0 Å². The van der Waals surface area contributed by atoms with E-state index in [9.17, 15) is 14.0 Å². The van der Waals surface area contributed by atoms with Crippen molar-refractivity contribution in [1.82, 2.24) is 4.98 Å². The fraction of sp³-hybridized carbons (Fsp3) is 0.227. The second-order valence-corrected chi connectivity index (χ2v) is 7.48. The SMILES string of the molecule is COc1cccc(Oc2ccc(F)cc2CC(=O)Cc2nc(CC(=O)O)cs2)c1OC. The normalized spacial score (nSPS) is 10.5. The number of ketones is 1. The Bertz CT molecular complexity index is 1100. The zero-order valence-electron chi connectivity index (χ0n) is 16.9. The Morgan fingerprint density at radius 1 is 1.03 bits per heavy atom. The van der Waals surface area contributed by atoms with Gasteiger partial charge in [-0.3, -0.25) is 9.59 Å². The lowest BCUT2D eigenvalue weighted by molar-refractivity contribution is -0.136. The number of carboxylic acid groups (broad SMARTS) is 1. The zero-order chi connectivity index (χ0) is 22.4. The number of hydrogen-bond donors (Lipinski definition) is 1. The van der Waals surface area contributed by atoms with Crippen LogP contribution in [-0.4, -0.2) is 36.1 Å². The van der Waals surface area contributed by atoms with Gasteiger partial charge in [0, 0.05) is 17.4 Å². The van der Waals surface area contributed by atoms with Crippen molar-refractivity contribution in [3.63, 3.8) is 0 Å². The molecule has 0 aliphatic heterocycles. The highest BCUT2D eigenvalue weighted by Crippen LogP contribution is 2.40. The number of carbonyl (C=O) groups is 2. The number of para-hydroxylation sites is 1. The number of aliphatic carboxylic acids is 1. The van der Waals surface area contributed by atoms with E-state index in [-0.39, 0.29) is 25.0 Å². The first-order chi connectivity index (χ1) is 14.9. The van der Waals surface area contributed by atoms with E-state index >= 15 is 0 Å². The van der Waals surface area contributed by atoms with Crippen molar-refractivity contribution in [3.8, 4) is 23.0 Å². The van der Waals surface area contributed by atoms with Crippen LogP contribution >= 0.6 is 11.3 Å². The highest BCUT2D eigenvalue weighted by Gasteiger charge is 2.17. The van der Waals surface area contributed by atoms with Gasteiger partial charge in [-0.25, -0.2) is 9.37 Å². The molecule has 0 amide bonds. The minimum absolute atomic E-state index is 0.0166. The average Bonchev–Trinajstić information content (AvgIpc) is 3.15. The van der Waals surface area contributed by atoms with Crippen LogP contribution in [0.25, 0.3) is 0 Å². The molecule has 0 saturated heterocycles. The van der Waals surface area contributed by atoms with Crippen LogP contribution in [0, 0.1) is 5.82 Å². The molecule has 1 N–H and O–H groups in total. The van der Waals surface area contributed by atoms with Crippen LogP contribution in [0.15, 0.2) is 41.8 Å². The van der Waals surface area contributed by atoms with Crippen molar-refractivity contribution in [1.29, 1.82) is 0 Å². The van der Waals surface area contributed by atoms with E-state index in [4.69, 9.17) is 19.3 Å².